The molecule has 0 spiro atoms. The van der Waals surface area contributed by atoms with Crippen LogP contribution in [0.1, 0.15) is 44.7 Å². The molecule has 226 valence electrons. The molecule has 1 aliphatic heterocycles. The number of nitrogens with one attached hydrogen (secondary N) is 1. The van der Waals surface area contributed by atoms with E-state index in [0.717, 1.165) is 16.7 Å². The highest BCUT2D eigenvalue weighted by atomic mass is 16.6. The third-order valence-corrected chi connectivity index (χ3v) is 7.20. The molecule has 2 amide bonds. The lowest BCUT2D eigenvalue weighted by atomic mass is 9.91. The number of ether oxygens (including phenoxy) is 2. The van der Waals surface area contributed by atoms with Crippen molar-refractivity contribution in [2.45, 2.75) is 64.5 Å². The maximum Gasteiger partial charge on any atom is 0.410 e. The standard InChI is InChI=1S/C31H36N6O6/c1-30(2,3)43-28(39)33-17-22-9-11-24(12-10-22)25-18-32-26-27(38)36(21-34-37(25)26)20-31(41)13-15-35(16-14-31)29(40)42-19-23-7-5-4-6-8-23/h4-12,18,21,41H,13-17,19-20H2,1-3H3,(H,33,39). The van der Waals surface area contributed by atoms with Gasteiger partial charge in [0.1, 0.15) is 18.5 Å². The molecule has 0 unspecified atom stereocenters. The van der Waals surface area contributed by atoms with Crippen molar-refractivity contribution in [1.29, 1.82) is 0 Å². The maximum absolute atomic E-state index is 13.3. The number of aliphatic hydroxyl groups is 1. The first-order valence-electron chi connectivity index (χ1n) is 14.2. The lowest BCUT2D eigenvalue weighted by Gasteiger charge is -2.37. The van der Waals surface area contributed by atoms with Crippen LogP contribution in [-0.2, 0) is 29.2 Å². The molecule has 2 aromatic carbocycles. The van der Waals surface area contributed by atoms with Crippen molar-refractivity contribution < 1.29 is 24.2 Å². The molecule has 2 N–H and O–H groups in total. The molecule has 1 aliphatic rings. The summed E-state index contributed by atoms with van der Waals surface area (Å²) in [6.07, 6.45) is 2.65. The molecule has 4 aromatic rings. The Balaban J connectivity index is 1.19. The summed E-state index contributed by atoms with van der Waals surface area (Å²) >= 11 is 0. The van der Waals surface area contributed by atoms with E-state index in [9.17, 15) is 19.5 Å². The van der Waals surface area contributed by atoms with Crippen molar-refractivity contribution in [2.75, 3.05) is 13.1 Å². The number of likely N-dealkylation sites (tertiary alicyclic amines) is 1. The van der Waals surface area contributed by atoms with E-state index < -0.39 is 23.4 Å². The fourth-order valence-electron chi connectivity index (χ4n) is 4.89. The highest BCUT2D eigenvalue weighted by Gasteiger charge is 2.35. The zero-order valence-corrected chi connectivity index (χ0v) is 24.5. The van der Waals surface area contributed by atoms with Gasteiger partial charge < -0.3 is 24.8 Å². The molecule has 12 nitrogen and oxygen atoms in total. The second-order valence-corrected chi connectivity index (χ2v) is 11.7. The van der Waals surface area contributed by atoms with E-state index in [-0.39, 0.29) is 24.4 Å². The van der Waals surface area contributed by atoms with Gasteiger partial charge in [0.2, 0.25) is 5.65 Å². The largest absolute Gasteiger partial charge is 0.445 e. The van der Waals surface area contributed by atoms with Crippen molar-refractivity contribution in [3.8, 4) is 11.3 Å². The van der Waals surface area contributed by atoms with Crippen molar-refractivity contribution in [2.24, 2.45) is 0 Å². The van der Waals surface area contributed by atoms with Crippen molar-refractivity contribution >= 4 is 17.8 Å². The summed E-state index contributed by atoms with van der Waals surface area (Å²) in [5.74, 6) is 0. The number of hydrogen-bond donors (Lipinski definition) is 2. The SMILES string of the molecule is CC(C)(C)OC(=O)NCc1ccc(-c2cnc3c(=O)n(CC4(O)CCN(C(=O)OCc5ccccc5)CC4)cnn23)cc1. The maximum atomic E-state index is 13.3. The van der Waals surface area contributed by atoms with Crippen molar-refractivity contribution in [1.82, 2.24) is 29.4 Å². The molecule has 0 aliphatic carbocycles. The molecule has 1 saturated heterocycles. The van der Waals surface area contributed by atoms with Crippen LogP contribution >= 0.6 is 0 Å². The van der Waals surface area contributed by atoms with Crippen molar-refractivity contribution in [3.05, 3.63) is 88.6 Å². The summed E-state index contributed by atoms with van der Waals surface area (Å²) in [5.41, 5.74) is 1.21. The first-order chi connectivity index (χ1) is 20.5. The highest BCUT2D eigenvalue weighted by Crippen LogP contribution is 2.25. The number of benzene rings is 2. The van der Waals surface area contributed by atoms with Gasteiger partial charge in [-0.2, -0.15) is 5.10 Å². The molecule has 43 heavy (non-hydrogen) atoms. The lowest BCUT2D eigenvalue weighted by molar-refractivity contribution is -0.0339. The predicted octanol–water partition coefficient (Wildman–Crippen LogP) is 3.75. The zero-order valence-electron chi connectivity index (χ0n) is 24.5. The minimum absolute atomic E-state index is 0.0315. The number of aromatic nitrogens is 4. The third kappa shape index (κ3) is 7.39. The first kappa shape index (κ1) is 29.8. The van der Waals surface area contributed by atoms with Crippen LogP contribution in [0.25, 0.3) is 16.9 Å². The van der Waals surface area contributed by atoms with Gasteiger partial charge in [0, 0.05) is 25.2 Å². The number of carbonyl (C=O) groups excluding carboxylic acids is 2. The quantitative estimate of drug-likeness (QED) is 0.333. The number of fused-ring (bicyclic) bond motifs is 1. The summed E-state index contributed by atoms with van der Waals surface area (Å²) < 4.78 is 13.5. The Bertz CT molecular complexity index is 1630. The second-order valence-electron chi connectivity index (χ2n) is 11.7. The third-order valence-electron chi connectivity index (χ3n) is 7.20. The number of rotatable bonds is 7. The van der Waals surface area contributed by atoms with Gasteiger partial charge >= 0.3 is 12.2 Å². The number of piperidine rings is 1. The Morgan fingerprint density at radius 3 is 2.40 bits per heavy atom. The molecule has 0 saturated carbocycles. The summed E-state index contributed by atoms with van der Waals surface area (Å²) in [4.78, 5) is 43.6. The fourth-order valence-corrected chi connectivity index (χ4v) is 4.89. The summed E-state index contributed by atoms with van der Waals surface area (Å²) in [7, 11) is 0. The van der Waals surface area contributed by atoms with Gasteiger partial charge in [-0.25, -0.2) is 19.1 Å². The molecule has 12 heteroatoms. The average Bonchev–Trinajstić information content (AvgIpc) is 3.41. The number of hydrogen-bond acceptors (Lipinski definition) is 8. The molecule has 0 atom stereocenters. The van der Waals surface area contributed by atoms with Crippen LogP contribution < -0.4 is 10.9 Å². The monoisotopic (exact) mass is 588 g/mol. The molecule has 2 aromatic heterocycles. The Morgan fingerprint density at radius 1 is 1.02 bits per heavy atom. The van der Waals surface area contributed by atoms with E-state index in [1.807, 2.05) is 54.6 Å². The molecular weight excluding hydrogens is 552 g/mol. The number of imidazole rings is 1. The molecule has 3 heterocycles. The summed E-state index contributed by atoms with van der Waals surface area (Å²) in [5, 5.41) is 18.4. The summed E-state index contributed by atoms with van der Waals surface area (Å²) in [6, 6.07) is 16.9. The average molecular weight is 589 g/mol. The van der Waals surface area contributed by atoms with E-state index in [1.54, 1.807) is 31.9 Å². The smallest absolute Gasteiger partial charge is 0.410 e. The van der Waals surface area contributed by atoms with Gasteiger partial charge in [-0.1, -0.05) is 54.6 Å². The van der Waals surface area contributed by atoms with Gasteiger partial charge in [0.05, 0.1) is 24.0 Å². The van der Waals surface area contributed by atoms with Crippen LogP contribution in [-0.4, -0.2) is 65.6 Å². The Labute approximate surface area is 248 Å². The van der Waals surface area contributed by atoms with Crippen LogP contribution in [0.5, 0.6) is 0 Å². The Morgan fingerprint density at radius 2 is 1.72 bits per heavy atom. The Hall–Kier alpha value is -4.71. The van der Waals surface area contributed by atoms with E-state index in [4.69, 9.17) is 9.47 Å². The predicted molar refractivity (Wildman–Crippen MR) is 158 cm³/mol. The van der Waals surface area contributed by atoms with Crippen LogP contribution in [0.3, 0.4) is 0 Å². The molecular formula is C31H36N6O6. The van der Waals surface area contributed by atoms with Gasteiger partial charge in [-0.15, -0.1) is 0 Å². The zero-order chi connectivity index (χ0) is 30.6. The van der Waals surface area contributed by atoms with Gasteiger partial charge in [0.15, 0.2) is 0 Å². The Kier molecular flexibility index (Phi) is 8.49. The minimum atomic E-state index is -1.18. The van der Waals surface area contributed by atoms with Crippen LogP contribution in [0.4, 0.5) is 9.59 Å². The highest BCUT2D eigenvalue weighted by molar-refractivity contribution is 5.68. The topological polar surface area (TPSA) is 140 Å². The molecule has 1 fully saturated rings. The van der Waals surface area contributed by atoms with E-state index >= 15 is 0 Å². The lowest BCUT2D eigenvalue weighted by Crippen LogP contribution is -2.49. The van der Waals surface area contributed by atoms with E-state index in [0.29, 0.717) is 38.2 Å². The molecule has 0 bridgehead atoms. The van der Waals surface area contributed by atoms with Gasteiger partial charge in [-0.05, 0) is 44.7 Å². The number of amides is 2. The number of carbonyl (C=O) groups is 2. The van der Waals surface area contributed by atoms with Crippen LogP contribution in [0.15, 0.2) is 71.9 Å². The normalized spacial score (nSPS) is 14.8. The number of alkyl carbamates (subject to hydrolysis) is 1. The fraction of sp³-hybridized carbons (Fsp3) is 0.387. The van der Waals surface area contributed by atoms with Crippen LogP contribution in [0, 0.1) is 0 Å². The van der Waals surface area contributed by atoms with Gasteiger partial charge in [0.25, 0.3) is 5.56 Å². The van der Waals surface area contributed by atoms with Crippen molar-refractivity contribution in [3.63, 3.8) is 0 Å². The molecule has 0 radical (unpaired) electrons. The second kappa shape index (κ2) is 12.3. The minimum Gasteiger partial charge on any atom is -0.445 e. The van der Waals surface area contributed by atoms with Gasteiger partial charge in [-0.3, -0.25) is 9.36 Å². The van der Waals surface area contributed by atoms with E-state index in [1.165, 1.54) is 15.4 Å². The molecule has 5 rings (SSSR count). The van der Waals surface area contributed by atoms with E-state index in [2.05, 4.69) is 15.4 Å². The van der Waals surface area contributed by atoms with Crippen LogP contribution in [0.2, 0.25) is 0 Å². The summed E-state index contributed by atoms with van der Waals surface area (Å²) in [6.45, 7) is 6.56. The first-order valence-corrected chi connectivity index (χ1v) is 14.2. The number of nitrogens with zero attached hydrogens (tertiary/aromatic N) is 5.